The molecular formula is C33H42N6O5. The summed E-state index contributed by atoms with van der Waals surface area (Å²) in [5.41, 5.74) is 9.78. The molecule has 11 heteroatoms. The molecule has 4 rings (SSSR count). The predicted molar refractivity (Wildman–Crippen MR) is 170 cm³/mol. The van der Waals surface area contributed by atoms with Gasteiger partial charge in [0.15, 0.2) is 0 Å². The maximum Gasteiger partial charge on any atom is 0.326 e. The molecule has 4 aromatic rings. The number of nitrogens with two attached hydrogens (primary N) is 1. The van der Waals surface area contributed by atoms with E-state index in [1.54, 1.807) is 20.0 Å². The molecule has 0 radical (unpaired) electrons. The van der Waals surface area contributed by atoms with Gasteiger partial charge in [0.1, 0.15) is 18.1 Å². The molecule has 234 valence electrons. The fourth-order valence-corrected chi connectivity index (χ4v) is 5.38. The molecule has 0 aliphatic rings. The molecule has 0 aliphatic carbocycles. The van der Waals surface area contributed by atoms with Crippen molar-refractivity contribution in [3.8, 4) is 0 Å². The summed E-state index contributed by atoms with van der Waals surface area (Å²) in [7, 11) is 0. The van der Waals surface area contributed by atoms with Crippen LogP contribution in [0.15, 0.2) is 60.9 Å². The number of benzene rings is 2. The van der Waals surface area contributed by atoms with E-state index in [0.29, 0.717) is 6.42 Å². The number of amides is 3. The third kappa shape index (κ3) is 7.84. The zero-order valence-electron chi connectivity index (χ0n) is 25.5. The summed E-state index contributed by atoms with van der Waals surface area (Å²) in [6.07, 6.45) is 4.27. The lowest BCUT2D eigenvalue weighted by atomic mass is 9.99. The zero-order chi connectivity index (χ0) is 32.0. The molecule has 2 heterocycles. The summed E-state index contributed by atoms with van der Waals surface area (Å²) in [5, 5.41) is 19.7. The van der Waals surface area contributed by atoms with Crippen molar-refractivity contribution in [1.29, 1.82) is 0 Å². The summed E-state index contributed by atoms with van der Waals surface area (Å²) in [4.78, 5) is 58.7. The molecule has 0 aliphatic heterocycles. The molecule has 3 amide bonds. The average molecular weight is 603 g/mol. The lowest BCUT2D eigenvalue weighted by Crippen LogP contribution is -2.58. The molecular weight excluding hydrogens is 560 g/mol. The number of para-hydroxylation sites is 2. The Balaban J connectivity index is 1.53. The van der Waals surface area contributed by atoms with Crippen molar-refractivity contribution >= 4 is 45.5 Å². The van der Waals surface area contributed by atoms with Gasteiger partial charge in [-0.2, -0.15) is 0 Å². The van der Waals surface area contributed by atoms with Crippen LogP contribution in [0.4, 0.5) is 0 Å². The molecule has 0 bridgehead atoms. The molecule has 11 nitrogen and oxygen atoms in total. The van der Waals surface area contributed by atoms with Crippen molar-refractivity contribution < 1.29 is 24.3 Å². The Morgan fingerprint density at radius 3 is 1.75 bits per heavy atom. The minimum absolute atomic E-state index is 0.0362. The first-order valence-electron chi connectivity index (χ1n) is 14.9. The van der Waals surface area contributed by atoms with Crippen LogP contribution in [0.2, 0.25) is 0 Å². The van der Waals surface area contributed by atoms with Crippen molar-refractivity contribution in [1.82, 2.24) is 25.9 Å². The monoisotopic (exact) mass is 602 g/mol. The van der Waals surface area contributed by atoms with E-state index in [1.165, 1.54) is 0 Å². The van der Waals surface area contributed by atoms with Gasteiger partial charge in [0.05, 0.1) is 6.04 Å². The van der Waals surface area contributed by atoms with E-state index >= 15 is 0 Å². The molecule has 4 unspecified atom stereocenters. The molecule has 44 heavy (non-hydrogen) atoms. The Labute approximate surface area is 256 Å². The molecule has 2 aromatic heterocycles. The van der Waals surface area contributed by atoms with E-state index < -0.39 is 47.9 Å². The standard InChI is InChI=1S/C33H42N6O5/c1-18(2)13-27(37-30(40)24(34)14-20-16-35-25-11-7-5-9-22(20)25)31(41)38-28(32(42)39-29(19(3)4)33(43)44)15-21-17-36-26-12-8-6-10-23(21)26/h5-12,16-19,24,27-29,35-36H,13-15,34H2,1-4H3,(H,37,40)(H,38,41)(H,39,42)(H,43,44). The van der Waals surface area contributed by atoms with Crippen molar-refractivity contribution in [2.75, 3.05) is 0 Å². The quantitative estimate of drug-likeness (QED) is 0.116. The first-order valence-corrected chi connectivity index (χ1v) is 14.9. The Kier molecular flexibility index (Phi) is 10.4. The number of carbonyl (C=O) groups excluding carboxylic acids is 3. The highest BCUT2D eigenvalue weighted by Gasteiger charge is 2.32. The summed E-state index contributed by atoms with van der Waals surface area (Å²) in [6.45, 7) is 7.24. The highest BCUT2D eigenvalue weighted by molar-refractivity contribution is 5.95. The molecule has 4 atom stereocenters. The second-order valence-corrected chi connectivity index (χ2v) is 12.1. The molecule has 0 saturated carbocycles. The second kappa shape index (κ2) is 14.2. The fourth-order valence-electron chi connectivity index (χ4n) is 5.38. The third-order valence-corrected chi connectivity index (χ3v) is 7.75. The predicted octanol–water partition coefficient (Wildman–Crippen LogP) is 3.00. The van der Waals surface area contributed by atoms with Crippen molar-refractivity contribution in [3.05, 3.63) is 72.1 Å². The van der Waals surface area contributed by atoms with Crippen LogP contribution in [0.5, 0.6) is 0 Å². The maximum absolute atomic E-state index is 13.7. The van der Waals surface area contributed by atoms with Gasteiger partial charge in [0, 0.05) is 40.6 Å². The number of aromatic amines is 2. The fraction of sp³-hybridized carbons (Fsp3) is 0.394. The van der Waals surface area contributed by atoms with Crippen molar-refractivity contribution in [2.24, 2.45) is 17.6 Å². The number of aromatic nitrogens is 2. The van der Waals surface area contributed by atoms with Crippen LogP contribution in [0.25, 0.3) is 21.8 Å². The highest BCUT2D eigenvalue weighted by Crippen LogP contribution is 2.21. The topological polar surface area (TPSA) is 182 Å². The van der Waals surface area contributed by atoms with Crippen LogP contribution in [-0.2, 0) is 32.0 Å². The Hall–Kier alpha value is -4.64. The zero-order valence-corrected chi connectivity index (χ0v) is 25.5. The molecule has 8 N–H and O–H groups in total. The highest BCUT2D eigenvalue weighted by atomic mass is 16.4. The number of rotatable bonds is 14. The largest absolute Gasteiger partial charge is 0.480 e. The van der Waals surface area contributed by atoms with Gasteiger partial charge < -0.3 is 36.8 Å². The minimum atomic E-state index is -1.17. The second-order valence-electron chi connectivity index (χ2n) is 12.1. The number of hydrogen-bond donors (Lipinski definition) is 7. The van der Waals surface area contributed by atoms with Crippen LogP contribution < -0.4 is 21.7 Å². The van der Waals surface area contributed by atoms with E-state index in [2.05, 4.69) is 25.9 Å². The van der Waals surface area contributed by atoms with E-state index in [-0.39, 0.29) is 24.7 Å². The van der Waals surface area contributed by atoms with Gasteiger partial charge in [-0.25, -0.2) is 4.79 Å². The van der Waals surface area contributed by atoms with Crippen molar-refractivity contribution in [3.63, 3.8) is 0 Å². The van der Waals surface area contributed by atoms with Gasteiger partial charge in [-0.15, -0.1) is 0 Å². The molecule has 0 spiro atoms. The van der Waals surface area contributed by atoms with Gasteiger partial charge >= 0.3 is 5.97 Å². The van der Waals surface area contributed by atoms with Gasteiger partial charge in [-0.3, -0.25) is 14.4 Å². The lowest BCUT2D eigenvalue weighted by Gasteiger charge is -2.26. The Morgan fingerprint density at radius 2 is 1.23 bits per heavy atom. The van der Waals surface area contributed by atoms with Crippen LogP contribution in [-0.4, -0.2) is 62.9 Å². The van der Waals surface area contributed by atoms with E-state index in [0.717, 1.165) is 32.9 Å². The minimum Gasteiger partial charge on any atom is -0.480 e. The van der Waals surface area contributed by atoms with E-state index in [1.807, 2.05) is 68.6 Å². The van der Waals surface area contributed by atoms with Gasteiger partial charge in [-0.1, -0.05) is 64.1 Å². The number of aliphatic carboxylic acids is 1. The van der Waals surface area contributed by atoms with Gasteiger partial charge in [0.25, 0.3) is 0 Å². The van der Waals surface area contributed by atoms with Crippen LogP contribution in [0.3, 0.4) is 0 Å². The molecule has 0 fully saturated rings. The number of carboxylic acid groups (broad SMARTS) is 1. The average Bonchev–Trinajstić information content (AvgIpc) is 3.58. The van der Waals surface area contributed by atoms with E-state index in [9.17, 15) is 24.3 Å². The summed E-state index contributed by atoms with van der Waals surface area (Å²) in [6, 6.07) is 11.2. The van der Waals surface area contributed by atoms with Crippen LogP contribution in [0, 0.1) is 11.8 Å². The summed E-state index contributed by atoms with van der Waals surface area (Å²) in [5.74, 6) is -3.18. The third-order valence-electron chi connectivity index (χ3n) is 7.75. The van der Waals surface area contributed by atoms with Crippen LogP contribution >= 0.6 is 0 Å². The SMILES string of the molecule is CC(C)CC(NC(=O)C(N)Cc1c[nH]c2ccccc12)C(=O)NC(Cc1c[nH]c2ccccc12)C(=O)NC(C(=O)O)C(C)C. The lowest BCUT2D eigenvalue weighted by molar-refractivity contribution is -0.143. The smallest absolute Gasteiger partial charge is 0.326 e. The maximum atomic E-state index is 13.7. The number of H-pyrrole nitrogens is 2. The van der Waals surface area contributed by atoms with Crippen molar-refractivity contribution in [2.45, 2.75) is 71.1 Å². The van der Waals surface area contributed by atoms with Gasteiger partial charge in [-0.05, 0) is 47.9 Å². The van der Waals surface area contributed by atoms with Gasteiger partial charge in [0.2, 0.25) is 17.7 Å². The normalized spacial score (nSPS) is 14.3. The first kappa shape index (κ1) is 32.3. The first-order chi connectivity index (χ1) is 20.9. The molecule has 0 saturated heterocycles. The number of carbonyl (C=O) groups is 4. The summed E-state index contributed by atoms with van der Waals surface area (Å²) >= 11 is 0. The number of nitrogens with one attached hydrogen (secondary N) is 5. The number of hydrogen-bond acceptors (Lipinski definition) is 5. The van der Waals surface area contributed by atoms with E-state index in [4.69, 9.17) is 5.73 Å². The summed E-state index contributed by atoms with van der Waals surface area (Å²) < 4.78 is 0. The Bertz CT molecular complexity index is 1620. The number of carboxylic acids is 1. The Morgan fingerprint density at radius 1 is 0.727 bits per heavy atom. The number of fused-ring (bicyclic) bond motifs is 2. The van der Waals surface area contributed by atoms with Crippen LogP contribution in [0.1, 0.15) is 45.2 Å². The molecule has 2 aromatic carbocycles.